The molecule has 0 saturated heterocycles. The molecule has 9 aromatic carbocycles. The summed E-state index contributed by atoms with van der Waals surface area (Å²) in [6.45, 7) is 2.33. The highest BCUT2D eigenvalue weighted by Gasteiger charge is 2.47. The van der Waals surface area contributed by atoms with Crippen molar-refractivity contribution in [2.75, 3.05) is 6.26 Å². The van der Waals surface area contributed by atoms with Crippen LogP contribution in [0.1, 0.15) is 34.7 Å². The third kappa shape index (κ3) is 5.11. The molecular formula is C58H42N2S. The topological polar surface area (TPSA) is 9.86 Å². The summed E-state index contributed by atoms with van der Waals surface area (Å²) in [4.78, 5) is 1.29. The number of thioether (sulfide) groups is 1. The molecule has 3 heteroatoms. The molecule has 2 aromatic heterocycles. The average Bonchev–Trinajstić information content (AvgIpc) is 3.85. The molecule has 1 aliphatic rings. The number of hydrogen-bond acceptors (Lipinski definition) is 1. The molecule has 61 heavy (non-hydrogen) atoms. The normalized spacial score (nSPS) is 14.6. The van der Waals surface area contributed by atoms with Gasteiger partial charge in [0, 0.05) is 32.1 Å². The first-order valence-corrected chi connectivity index (χ1v) is 22.5. The first-order valence-electron chi connectivity index (χ1n) is 21.3. The van der Waals surface area contributed by atoms with Crippen molar-refractivity contribution in [1.82, 2.24) is 9.13 Å². The third-order valence-electron chi connectivity index (χ3n) is 13.3. The van der Waals surface area contributed by atoms with Gasteiger partial charge in [-0.1, -0.05) is 165 Å². The molecule has 1 aliphatic heterocycles. The lowest BCUT2D eigenvalue weighted by Crippen LogP contribution is -2.37. The molecule has 0 saturated carbocycles. The Morgan fingerprint density at radius 3 is 1.79 bits per heavy atom. The van der Waals surface area contributed by atoms with Gasteiger partial charge in [0.25, 0.3) is 0 Å². The maximum atomic E-state index is 2.53. The average molecular weight is 799 g/mol. The minimum absolute atomic E-state index is 0.574. The molecule has 3 heterocycles. The van der Waals surface area contributed by atoms with Crippen LogP contribution in [0, 0.1) is 0 Å². The molecule has 1 unspecified atom stereocenters. The second kappa shape index (κ2) is 14.0. The van der Waals surface area contributed by atoms with Crippen molar-refractivity contribution < 1.29 is 0 Å². The van der Waals surface area contributed by atoms with Crippen LogP contribution < -0.4 is 0 Å². The van der Waals surface area contributed by atoms with Gasteiger partial charge in [-0.25, -0.2) is 0 Å². The van der Waals surface area contributed by atoms with Gasteiger partial charge in [0.05, 0.1) is 33.2 Å². The summed E-state index contributed by atoms with van der Waals surface area (Å²) < 4.78 is 4.91. The van der Waals surface area contributed by atoms with Gasteiger partial charge in [-0.2, -0.15) is 0 Å². The smallest absolute Gasteiger partial charge is 0.0756 e. The van der Waals surface area contributed by atoms with Crippen LogP contribution in [0.5, 0.6) is 0 Å². The Morgan fingerprint density at radius 1 is 0.426 bits per heavy atom. The fourth-order valence-corrected chi connectivity index (χ4v) is 11.5. The number of fused-ring (bicyclic) bond motifs is 8. The van der Waals surface area contributed by atoms with E-state index in [-0.39, 0.29) is 0 Å². The number of rotatable bonds is 7. The number of hydrogen-bond donors (Lipinski definition) is 0. The van der Waals surface area contributed by atoms with E-state index in [2.05, 4.69) is 229 Å². The summed E-state index contributed by atoms with van der Waals surface area (Å²) in [5.41, 5.74) is 18.4. The standard InChI is InChI=1S/C58H42N2S/c1-3-42-43(39-33-31-38(32-34-39)40-35-36-54-47(37-40)45-20-8-11-27-52(45)59(54)41-17-5-4-6-18-41)21-15-25-48(42)58(50-24-10-14-30-56(50)61-2)49-23-9-13-29-55(49)60-53-28-12-7-19-44(53)46-22-16-26-51(58)57(46)60/h4-37H,3H2,1-2H3. The zero-order chi connectivity index (χ0) is 40.7. The van der Waals surface area contributed by atoms with Gasteiger partial charge in [0.15, 0.2) is 0 Å². The molecule has 0 N–H and O–H groups in total. The molecule has 1 atom stereocenters. The van der Waals surface area contributed by atoms with Crippen molar-refractivity contribution in [3.63, 3.8) is 0 Å². The maximum Gasteiger partial charge on any atom is 0.0756 e. The summed E-state index contributed by atoms with van der Waals surface area (Å²) in [7, 11) is 0. The minimum atomic E-state index is -0.574. The highest BCUT2D eigenvalue weighted by Crippen LogP contribution is 2.57. The number of nitrogens with zero attached hydrogens (tertiary/aromatic N) is 2. The Bertz CT molecular complexity index is 3500. The predicted octanol–water partition coefficient (Wildman–Crippen LogP) is 15.2. The maximum absolute atomic E-state index is 2.53. The highest BCUT2D eigenvalue weighted by atomic mass is 32.2. The van der Waals surface area contributed by atoms with Gasteiger partial charge in [-0.05, 0) is 111 Å². The Labute approximate surface area is 360 Å². The molecule has 2 nitrogen and oxygen atoms in total. The van der Waals surface area contributed by atoms with Crippen LogP contribution in [0.15, 0.2) is 211 Å². The Balaban J connectivity index is 1.06. The number of aromatic nitrogens is 2. The number of benzene rings is 9. The van der Waals surface area contributed by atoms with E-state index in [1.54, 1.807) is 0 Å². The van der Waals surface area contributed by atoms with Gasteiger partial charge in [0.2, 0.25) is 0 Å². The zero-order valence-corrected chi connectivity index (χ0v) is 35.0. The Kier molecular flexibility index (Phi) is 8.23. The molecule has 0 aliphatic carbocycles. The van der Waals surface area contributed by atoms with Crippen LogP contribution in [0.25, 0.3) is 77.2 Å². The van der Waals surface area contributed by atoms with E-state index in [4.69, 9.17) is 0 Å². The fourth-order valence-electron chi connectivity index (χ4n) is 10.8. The van der Waals surface area contributed by atoms with Crippen LogP contribution in [0.4, 0.5) is 0 Å². The molecule has 290 valence electrons. The lowest BCUT2D eigenvalue weighted by molar-refractivity contribution is 0.703. The van der Waals surface area contributed by atoms with E-state index < -0.39 is 5.41 Å². The predicted molar refractivity (Wildman–Crippen MR) is 259 cm³/mol. The molecule has 0 amide bonds. The number of para-hydroxylation sites is 5. The minimum Gasteiger partial charge on any atom is -0.309 e. The lowest BCUT2D eigenvalue weighted by atomic mass is 9.61. The van der Waals surface area contributed by atoms with Gasteiger partial charge in [0.1, 0.15) is 0 Å². The second-order valence-electron chi connectivity index (χ2n) is 16.2. The second-order valence-corrected chi connectivity index (χ2v) is 17.1. The van der Waals surface area contributed by atoms with Crippen LogP contribution in [0.2, 0.25) is 0 Å². The molecular weight excluding hydrogens is 757 g/mol. The van der Waals surface area contributed by atoms with Gasteiger partial charge in [-0.15, -0.1) is 11.8 Å². The fraction of sp³-hybridized carbons (Fsp3) is 0.0690. The van der Waals surface area contributed by atoms with Crippen LogP contribution in [0.3, 0.4) is 0 Å². The third-order valence-corrected chi connectivity index (χ3v) is 14.1. The molecule has 0 radical (unpaired) electrons. The monoisotopic (exact) mass is 798 g/mol. The Hall–Kier alpha value is -7.07. The lowest BCUT2D eigenvalue weighted by Gasteiger charge is -2.43. The first-order chi connectivity index (χ1) is 30.2. The SMILES string of the molecule is CCc1c(-c2ccc(-c3ccc4c(c3)c3ccccc3n4-c3ccccc3)cc2)cccc1C1(c2ccccc2SC)c2ccccc2-n2c3ccccc3c3cccc1c32. The van der Waals surface area contributed by atoms with Crippen LogP contribution in [-0.4, -0.2) is 15.4 Å². The highest BCUT2D eigenvalue weighted by molar-refractivity contribution is 7.98. The van der Waals surface area contributed by atoms with E-state index in [0.717, 1.165) is 6.42 Å². The Morgan fingerprint density at radius 2 is 1.00 bits per heavy atom. The zero-order valence-electron chi connectivity index (χ0n) is 34.1. The summed E-state index contributed by atoms with van der Waals surface area (Å²) >= 11 is 1.84. The van der Waals surface area contributed by atoms with Gasteiger partial charge < -0.3 is 9.13 Å². The van der Waals surface area contributed by atoms with Crippen molar-refractivity contribution >= 4 is 55.4 Å². The summed E-state index contributed by atoms with van der Waals surface area (Å²) in [5, 5.41) is 5.11. The summed E-state index contributed by atoms with van der Waals surface area (Å²) in [6.07, 6.45) is 3.11. The van der Waals surface area contributed by atoms with Crippen molar-refractivity contribution in [2.24, 2.45) is 0 Å². The van der Waals surface area contributed by atoms with Gasteiger partial charge in [-0.3, -0.25) is 0 Å². The largest absolute Gasteiger partial charge is 0.309 e. The molecule has 12 rings (SSSR count). The first kappa shape index (κ1) is 35.8. The molecule has 0 fully saturated rings. The van der Waals surface area contributed by atoms with E-state index >= 15 is 0 Å². The van der Waals surface area contributed by atoms with E-state index in [0.29, 0.717) is 0 Å². The van der Waals surface area contributed by atoms with Crippen molar-refractivity contribution in [3.8, 4) is 33.6 Å². The van der Waals surface area contributed by atoms with E-state index in [1.807, 2.05) is 11.8 Å². The summed E-state index contributed by atoms with van der Waals surface area (Å²) in [6, 6.07) is 76.9. The van der Waals surface area contributed by atoms with Crippen LogP contribution in [-0.2, 0) is 11.8 Å². The molecule has 0 bridgehead atoms. The van der Waals surface area contributed by atoms with Crippen molar-refractivity contribution in [3.05, 3.63) is 234 Å². The van der Waals surface area contributed by atoms with Crippen molar-refractivity contribution in [2.45, 2.75) is 23.7 Å². The van der Waals surface area contributed by atoms with Gasteiger partial charge >= 0.3 is 0 Å². The van der Waals surface area contributed by atoms with E-state index in [9.17, 15) is 0 Å². The van der Waals surface area contributed by atoms with Crippen molar-refractivity contribution in [1.29, 1.82) is 0 Å². The van der Waals surface area contributed by atoms with E-state index in [1.165, 1.54) is 110 Å². The molecule has 0 spiro atoms. The molecule has 11 aromatic rings. The summed E-state index contributed by atoms with van der Waals surface area (Å²) in [5.74, 6) is 0. The quantitative estimate of drug-likeness (QED) is 0.146. The van der Waals surface area contributed by atoms with Crippen LogP contribution >= 0.6 is 11.8 Å².